The average Bonchev–Trinajstić information content (AvgIpc) is 2.46. The molecule has 0 saturated heterocycles. The van der Waals surface area contributed by atoms with Gasteiger partial charge in [0.25, 0.3) is 0 Å². The van der Waals surface area contributed by atoms with Crippen molar-refractivity contribution >= 4 is 27.2 Å². The lowest BCUT2D eigenvalue weighted by Gasteiger charge is -2.21. The second-order valence-electron chi connectivity index (χ2n) is 5.67. The molecule has 6 heteroatoms. The second kappa shape index (κ2) is 7.33. The zero-order chi connectivity index (χ0) is 15.3. The minimum atomic E-state index is -3.21. The summed E-state index contributed by atoms with van der Waals surface area (Å²) in [5.41, 5.74) is 7.23. The molecular weight excluding hydrogens is 304 g/mol. The van der Waals surface area contributed by atoms with Gasteiger partial charge in [-0.15, -0.1) is 0 Å². The van der Waals surface area contributed by atoms with Crippen LogP contribution in [0.1, 0.15) is 43.2 Å². The monoisotopic (exact) mass is 326 g/mol. The van der Waals surface area contributed by atoms with E-state index in [0.29, 0.717) is 17.5 Å². The van der Waals surface area contributed by atoms with Gasteiger partial charge in [0, 0.05) is 12.1 Å². The normalized spacial score (nSPS) is 16.8. The van der Waals surface area contributed by atoms with Crippen LogP contribution in [0.25, 0.3) is 0 Å². The first kappa shape index (κ1) is 16.4. The van der Waals surface area contributed by atoms with Crippen molar-refractivity contribution < 1.29 is 8.42 Å². The molecular formula is C15H22N2O2S2. The maximum Gasteiger partial charge on any atom is 0.212 e. The lowest BCUT2D eigenvalue weighted by atomic mass is 9.91. The number of rotatable bonds is 6. The smallest absolute Gasteiger partial charge is 0.212 e. The van der Waals surface area contributed by atoms with Crippen molar-refractivity contribution in [3.8, 4) is 0 Å². The van der Waals surface area contributed by atoms with E-state index in [2.05, 4.69) is 4.72 Å². The Labute approximate surface area is 132 Å². The molecule has 0 amide bonds. The fraction of sp³-hybridized carbons (Fsp3) is 0.533. The summed E-state index contributed by atoms with van der Waals surface area (Å²) in [7, 11) is -3.21. The SMILES string of the molecule is NC(=S)c1ccc(CNS(=O)(=O)CC2CCCCC2)cc1. The highest BCUT2D eigenvalue weighted by Gasteiger charge is 2.20. The summed E-state index contributed by atoms with van der Waals surface area (Å²) in [5.74, 6) is 0.561. The van der Waals surface area contributed by atoms with Crippen molar-refractivity contribution in [1.82, 2.24) is 4.72 Å². The molecule has 116 valence electrons. The van der Waals surface area contributed by atoms with Gasteiger partial charge < -0.3 is 5.73 Å². The van der Waals surface area contributed by atoms with Gasteiger partial charge in [0.1, 0.15) is 4.99 Å². The summed E-state index contributed by atoms with van der Waals surface area (Å²) >= 11 is 4.89. The maximum absolute atomic E-state index is 12.1. The number of nitrogens with two attached hydrogens (primary N) is 1. The Hall–Kier alpha value is -0.980. The molecule has 1 aromatic rings. The first-order valence-corrected chi connectivity index (χ1v) is 9.38. The number of nitrogens with one attached hydrogen (secondary N) is 1. The fourth-order valence-corrected chi connectivity index (χ4v) is 4.30. The van der Waals surface area contributed by atoms with E-state index in [0.717, 1.165) is 36.8 Å². The Morgan fingerprint density at radius 1 is 1.19 bits per heavy atom. The van der Waals surface area contributed by atoms with Crippen molar-refractivity contribution in [3.05, 3.63) is 35.4 Å². The predicted octanol–water partition coefficient (Wildman–Crippen LogP) is 2.32. The third kappa shape index (κ3) is 5.37. The number of hydrogen-bond donors (Lipinski definition) is 2. The molecule has 0 heterocycles. The zero-order valence-corrected chi connectivity index (χ0v) is 13.7. The van der Waals surface area contributed by atoms with Crippen molar-refractivity contribution in [3.63, 3.8) is 0 Å². The van der Waals surface area contributed by atoms with Crippen LogP contribution in [-0.2, 0) is 16.6 Å². The Kier molecular flexibility index (Phi) is 5.72. The standard InChI is InChI=1S/C15H22N2O2S2/c16-15(20)14-8-6-12(7-9-14)10-17-21(18,19)11-13-4-2-1-3-5-13/h6-9,13,17H,1-5,10-11H2,(H2,16,20). The summed E-state index contributed by atoms with van der Waals surface area (Å²) in [5, 5.41) is 0. The molecule has 1 aliphatic rings. The third-order valence-corrected chi connectivity index (χ3v) is 5.64. The van der Waals surface area contributed by atoms with Crippen LogP contribution in [-0.4, -0.2) is 19.2 Å². The Bertz CT molecular complexity index is 576. The maximum atomic E-state index is 12.1. The van der Waals surface area contributed by atoms with Crippen LogP contribution in [0.15, 0.2) is 24.3 Å². The quantitative estimate of drug-likeness (QED) is 0.787. The van der Waals surface area contributed by atoms with Gasteiger partial charge in [-0.05, 0) is 24.3 Å². The third-order valence-electron chi connectivity index (χ3n) is 3.91. The van der Waals surface area contributed by atoms with E-state index in [1.807, 2.05) is 24.3 Å². The molecule has 0 aromatic heterocycles. The van der Waals surface area contributed by atoms with Crippen LogP contribution in [0.2, 0.25) is 0 Å². The molecule has 1 aliphatic carbocycles. The topological polar surface area (TPSA) is 72.2 Å². The Balaban J connectivity index is 1.87. The van der Waals surface area contributed by atoms with Crippen LogP contribution < -0.4 is 10.5 Å². The summed E-state index contributed by atoms with van der Waals surface area (Å²) in [6, 6.07) is 7.31. The van der Waals surface area contributed by atoms with Crippen LogP contribution in [0, 0.1) is 5.92 Å². The first-order valence-electron chi connectivity index (χ1n) is 7.32. The Morgan fingerprint density at radius 3 is 2.38 bits per heavy atom. The van der Waals surface area contributed by atoms with Crippen molar-refractivity contribution in [1.29, 1.82) is 0 Å². The molecule has 1 fully saturated rings. The van der Waals surface area contributed by atoms with Crippen LogP contribution in [0.5, 0.6) is 0 Å². The average molecular weight is 326 g/mol. The molecule has 21 heavy (non-hydrogen) atoms. The molecule has 2 rings (SSSR count). The second-order valence-corrected chi connectivity index (χ2v) is 7.96. The highest BCUT2D eigenvalue weighted by atomic mass is 32.2. The van der Waals surface area contributed by atoms with Crippen LogP contribution >= 0.6 is 12.2 Å². The molecule has 0 aliphatic heterocycles. The molecule has 0 spiro atoms. The van der Waals surface area contributed by atoms with E-state index < -0.39 is 10.0 Å². The molecule has 1 aromatic carbocycles. The van der Waals surface area contributed by atoms with Gasteiger partial charge in [0.2, 0.25) is 10.0 Å². The zero-order valence-electron chi connectivity index (χ0n) is 12.0. The molecule has 1 saturated carbocycles. The van der Waals surface area contributed by atoms with E-state index >= 15 is 0 Å². The minimum absolute atomic E-state index is 0.248. The largest absolute Gasteiger partial charge is 0.389 e. The Morgan fingerprint density at radius 2 is 1.81 bits per heavy atom. The fourth-order valence-electron chi connectivity index (χ4n) is 2.70. The van der Waals surface area contributed by atoms with Gasteiger partial charge in [0.15, 0.2) is 0 Å². The van der Waals surface area contributed by atoms with Crippen molar-refractivity contribution in [2.75, 3.05) is 5.75 Å². The highest BCUT2D eigenvalue weighted by molar-refractivity contribution is 7.89. The van der Waals surface area contributed by atoms with Gasteiger partial charge in [-0.2, -0.15) is 0 Å². The molecule has 0 atom stereocenters. The van der Waals surface area contributed by atoms with E-state index in [1.54, 1.807) is 0 Å². The summed E-state index contributed by atoms with van der Waals surface area (Å²) in [4.78, 5) is 0.347. The van der Waals surface area contributed by atoms with Crippen molar-refractivity contribution in [2.24, 2.45) is 11.7 Å². The van der Waals surface area contributed by atoms with E-state index in [-0.39, 0.29) is 5.75 Å². The van der Waals surface area contributed by atoms with Crippen LogP contribution in [0.4, 0.5) is 0 Å². The van der Waals surface area contributed by atoms with Gasteiger partial charge >= 0.3 is 0 Å². The van der Waals surface area contributed by atoms with Crippen LogP contribution in [0.3, 0.4) is 0 Å². The van der Waals surface area contributed by atoms with Gasteiger partial charge in [0.05, 0.1) is 5.75 Å². The summed E-state index contributed by atoms with van der Waals surface area (Å²) in [6.07, 6.45) is 5.60. The molecule has 0 bridgehead atoms. The molecule has 0 radical (unpaired) electrons. The first-order chi connectivity index (χ1) is 9.96. The number of sulfonamides is 1. The van der Waals surface area contributed by atoms with E-state index in [4.69, 9.17) is 18.0 Å². The number of benzene rings is 1. The lowest BCUT2D eigenvalue weighted by Crippen LogP contribution is -2.30. The number of thiocarbonyl (C=S) groups is 1. The van der Waals surface area contributed by atoms with E-state index in [9.17, 15) is 8.42 Å². The van der Waals surface area contributed by atoms with Gasteiger partial charge in [-0.25, -0.2) is 13.1 Å². The predicted molar refractivity (Wildman–Crippen MR) is 89.5 cm³/mol. The summed E-state index contributed by atoms with van der Waals surface area (Å²) < 4.78 is 26.9. The number of hydrogen-bond acceptors (Lipinski definition) is 3. The highest BCUT2D eigenvalue weighted by Crippen LogP contribution is 2.24. The lowest BCUT2D eigenvalue weighted by molar-refractivity contribution is 0.384. The molecule has 3 N–H and O–H groups in total. The summed E-state index contributed by atoms with van der Waals surface area (Å²) in [6.45, 7) is 0.312. The molecule has 4 nitrogen and oxygen atoms in total. The van der Waals surface area contributed by atoms with Gasteiger partial charge in [-0.3, -0.25) is 0 Å². The van der Waals surface area contributed by atoms with Crippen molar-refractivity contribution in [2.45, 2.75) is 38.6 Å². The minimum Gasteiger partial charge on any atom is -0.389 e. The van der Waals surface area contributed by atoms with E-state index in [1.165, 1.54) is 6.42 Å². The molecule has 0 unspecified atom stereocenters. The van der Waals surface area contributed by atoms with Gasteiger partial charge in [-0.1, -0.05) is 55.7 Å².